The number of amides is 1. The van der Waals surface area contributed by atoms with E-state index in [0.29, 0.717) is 5.56 Å². The molecule has 1 fully saturated rings. The first-order chi connectivity index (χ1) is 11.7. The summed E-state index contributed by atoms with van der Waals surface area (Å²) < 4.78 is 62.4. The Labute approximate surface area is 150 Å². The van der Waals surface area contributed by atoms with Gasteiger partial charge in [-0.25, -0.2) is 13.6 Å². The highest BCUT2D eigenvalue weighted by Gasteiger charge is 2.54. The van der Waals surface area contributed by atoms with Crippen molar-refractivity contribution in [3.8, 4) is 0 Å². The number of carbonyl (C=O) groups is 1. The van der Waals surface area contributed by atoms with Gasteiger partial charge in [0.2, 0.25) is 15.9 Å². The first kappa shape index (κ1) is 20.7. The summed E-state index contributed by atoms with van der Waals surface area (Å²) in [6.45, 7) is 4.43. The first-order valence-electron chi connectivity index (χ1n) is 7.98. The molecular formula is C16H22F3N3O3S. The smallest absolute Gasteiger partial charge is 0.325 e. The number of sulfonamides is 1. The highest BCUT2D eigenvalue weighted by molar-refractivity contribution is 7.89. The molecule has 1 atom stereocenters. The fourth-order valence-corrected chi connectivity index (χ4v) is 4.16. The molecule has 1 amide bonds. The second-order valence-electron chi connectivity index (χ2n) is 7.03. The Morgan fingerprint density at radius 3 is 2.50 bits per heavy atom. The van der Waals surface area contributed by atoms with Gasteiger partial charge in [0.1, 0.15) is 0 Å². The number of hydrogen-bond donors (Lipinski definition) is 2. The van der Waals surface area contributed by atoms with Gasteiger partial charge < -0.3 is 5.32 Å². The molecule has 0 saturated carbocycles. The predicted octanol–water partition coefficient (Wildman–Crippen LogP) is 2.24. The van der Waals surface area contributed by atoms with E-state index < -0.39 is 33.6 Å². The van der Waals surface area contributed by atoms with Crippen LogP contribution in [0, 0.1) is 12.8 Å². The van der Waals surface area contributed by atoms with E-state index in [9.17, 15) is 26.4 Å². The highest BCUT2D eigenvalue weighted by Crippen LogP contribution is 2.44. The minimum atomic E-state index is -4.32. The topological polar surface area (TPSA) is 92.5 Å². The molecule has 0 aromatic heterocycles. The van der Waals surface area contributed by atoms with E-state index in [-0.39, 0.29) is 30.1 Å². The van der Waals surface area contributed by atoms with Crippen LogP contribution in [-0.4, -0.2) is 44.0 Å². The van der Waals surface area contributed by atoms with Crippen molar-refractivity contribution >= 4 is 21.6 Å². The Kier molecular flexibility index (Phi) is 5.42. The fraction of sp³-hybridized carbons (Fsp3) is 0.562. The van der Waals surface area contributed by atoms with Crippen molar-refractivity contribution in [3.63, 3.8) is 0 Å². The zero-order valence-corrected chi connectivity index (χ0v) is 15.5. The molecule has 1 aliphatic heterocycles. The lowest BCUT2D eigenvalue weighted by Crippen LogP contribution is -2.49. The molecule has 1 heterocycles. The number of halogens is 3. The summed E-state index contributed by atoms with van der Waals surface area (Å²) in [6.07, 6.45) is -4.39. The number of hydrogen-bond acceptors (Lipinski definition) is 4. The van der Waals surface area contributed by atoms with Gasteiger partial charge >= 0.3 is 6.18 Å². The normalized spacial score (nSPS) is 21.0. The maximum atomic E-state index is 13.1. The molecule has 1 aliphatic rings. The number of alkyl halides is 3. The Morgan fingerprint density at radius 1 is 1.38 bits per heavy atom. The molecule has 0 bridgehead atoms. The second kappa shape index (κ2) is 6.82. The molecule has 0 aliphatic carbocycles. The molecule has 10 heteroatoms. The second-order valence-corrected chi connectivity index (χ2v) is 8.56. The minimum absolute atomic E-state index is 0.0656. The number of benzene rings is 1. The average Bonchev–Trinajstić information content (AvgIpc) is 2.74. The Balaban J connectivity index is 2.11. The molecule has 3 N–H and O–H groups in total. The zero-order valence-electron chi connectivity index (χ0n) is 14.7. The van der Waals surface area contributed by atoms with Gasteiger partial charge in [0.15, 0.2) is 0 Å². The molecule has 1 aromatic carbocycles. The SMILES string of the molecule is Cc1ccc(NC(=O)CN2CCC(C(F)(F)F)C2(C)C)cc1S(N)(=O)=O. The molecular weight excluding hydrogens is 371 g/mol. The maximum Gasteiger partial charge on any atom is 0.393 e. The summed E-state index contributed by atoms with van der Waals surface area (Å²) in [6, 6.07) is 4.24. The van der Waals surface area contributed by atoms with Crippen LogP contribution in [0.2, 0.25) is 0 Å². The van der Waals surface area contributed by atoms with E-state index in [4.69, 9.17) is 5.14 Å². The van der Waals surface area contributed by atoms with Crippen LogP contribution in [-0.2, 0) is 14.8 Å². The lowest BCUT2D eigenvalue weighted by atomic mass is 9.88. The average molecular weight is 393 g/mol. The monoisotopic (exact) mass is 393 g/mol. The van der Waals surface area contributed by atoms with E-state index in [2.05, 4.69) is 5.32 Å². The summed E-state index contributed by atoms with van der Waals surface area (Å²) in [5.74, 6) is -2.03. The molecule has 1 unspecified atom stereocenters. The zero-order chi connectivity index (χ0) is 19.9. The van der Waals surface area contributed by atoms with E-state index in [1.54, 1.807) is 6.92 Å². The fourth-order valence-electron chi connectivity index (χ4n) is 3.35. The molecule has 26 heavy (non-hydrogen) atoms. The van der Waals surface area contributed by atoms with E-state index in [0.717, 1.165) is 0 Å². The van der Waals surface area contributed by atoms with Crippen molar-refractivity contribution in [2.45, 2.75) is 43.8 Å². The van der Waals surface area contributed by atoms with Crippen molar-refractivity contribution < 1.29 is 26.4 Å². The third kappa shape index (κ3) is 4.36. The Hall–Kier alpha value is -1.65. The van der Waals surface area contributed by atoms with E-state index >= 15 is 0 Å². The first-order valence-corrected chi connectivity index (χ1v) is 9.52. The van der Waals surface area contributed by atoms with Gasteiger partial charge in [0, 0.05) is 11.2 Å². The molecule has 146 valence electrons. The summed E-state index contributed by atoms with van der Waals surface area (Å²) in [7, 11) is -3.94. The third-order valence-corrected chi connectivity index (χ3v) is 5.92. The summed E-state index contributed by atoms with van der Waals surface area (Å²) in [4.78, 5) is 13.6. The van der Waals surface area contributed by atoms with Crippen LogP contribution in [0.4, 0.5) is 18.9 Å². The van der Waals surface area contributed by atoms with Crippen LogP contribution in [0.1, 0.15) is 25.8 Å². The van der Waals surface area contributed by atoms with Crippen LogP contribution >= 0.6 is 0 Å². The number of nitrogens with two attached hydrogens (primary N) is 1. The van der Waals surface area contributed by atoms with Crippen molar-refractivity contribution in [2.75, 3.05) is 18.4 Å². The number of primary sulfonamides is 1. The predicted molar refractivity (Wildman–Crippen MR) is 91.0 cm³/mol. The largest absolute Gasteiger partial charge is 0.393 e. The lowest BCUT2D eigenvalue weighted by Gasteiger charge is -2.36. The van der Waals surface area contributed by atoms with Crippen molar-refractivity contribution in [3.05, 3.63) is 23.8 Å². The van der Waals surface area contributed by atoms with Crippen LogP contribution in [0.25, 0.3) is 0 Å². The van der Waals surface area contributed by atoms with Gasteiger partial charge in [-0.15, -0.1) is 0 Å². The molecule has 2 rings (SSSR count). The number of likely N-dealkylation sites (tertiary alicyclic amines) is 1. The van der Waals surface area contributed by atoms with Crippen LogP contribution in [0.5, 0.6) is 0 Å². The molecule has 0 spiro atoms. The molecule has 6 nitrogen and oxygen atoms in total. The van der Waals surface area contributed by atoms with Crippen molar-refractivity contribution in [2.24, 2.45) is 11.1 Å². The summed E-state index contributed by atoms with van der Waals surface area (Å²) in [5, 5.41) is 7.64. The lowest BCUT2D eigenvalue weighted by molar-refractivity contribution is -0.191. The van der Waals surface area contributed by atoms with Crippen LogP contribution in [0.3, 0.4) is 0 Å². The number of aryl methyl sites for hydroxylation is 1. The number of nitrogens with one attached hydrogen (secondary N) is 1. The Bertz CT molecular complexity index is 807. The molecule has 0 radical (unpaired) electrons. The Morgan fingerprint density at radius 2 is 2.00 bits per heavy atom. The van der Waals surface area contributed by atoms with E-state index in [1.807, 2.05) is 0 Å². The standard InChI is InChI=1S/C16H22F3N3O3S/c1-10-4-5-11(8-12(10)26(20,24)25)21-14(23)9-22-7-6-13(15(22,2)3)16(17,18)19/h4-5,8,13H,6-7,9H2,1-3H3,(H,21,23)(H2,20,24,25). The van der Waals surface area contributed by atoms with Crippen LogP contribution < -0.4 is 10.5 Å². The molecule has 1 aromatic rings. The maximum absolute atomic E-state index is 13.1. The quantitative estimate of drug-likeness (QED) is 0.821. The highest BCUT2D eigenvalue weighted by atomic mass is 32.2. The van der Waals surface area contributed by atoms with Gasteiger partial charge in [0.25, 0.3) is 0 Å². The number of anilines is 1. The van der Waals surface area contributed by atoms with Gasteiger partial charge in [-0.05, 0) is 51.4 Å². The number of carbonyl (C=O) groups excluding carboxylic acids is 1. The number of rotatable bonds is 4. The van der Waals surface area contributed by atoms with Gasteiger partial charge in [-0.2, -0.15) is 13.2 Å². The van der Waals surface area contributed by atoms with Crippen molar-refractivity contribution in [1.82, 2.24) is 4.90 Å². The van der Waals surface area contributed by atoms with Gasteiger partial charge in [-0.1, -0.05) is 6.07 Å². The summed E-state index contributed by atoms with van der Waals surface area (Å²) in [5.41, 5.74) is -0.553. The molecule has 1 saturated heterocycles. The van der Waals surface area contributed by atoms with Gasteiger partial charge in [-0.3, -0.25) is 9.69 Å². The third-order valence-electron chi connectivity index (χ3n) is 4.86. The number of nitrogens with zero attached hydrogens (tertiary/aromatic N) is 1. The summed E-state index contributed by atoms with van der Waals surface area (Å²) >= 11 is 0. The van der Waals surface area contributed by atoms with Crippen molar-refractivity contribution in [1.29, 1.82) is 0 Å². The van der Waals surface area contributed by atoms with Gasteiger partial charge in [0.05, 0.1) is 17.4 Å². The van der Waals surface area contributed by atoms with Crippen LogP contribution in [0.15, 0.2) is 23.1 Å². The van der Waals surface area contributed by atoms with E-state index in [1.165, 1.54) is 36.9 Å². The minimum Gasteiger partial charge on any atom is -0.325 e.